The molecule has 6 rings (SSSR count). The second-order valence-corrected chi connectivity index (χ2v) is 14.4. The number of rotatable bonds is 10. The molecule has 0 saturated carbocycles. The van der Waals surface area contributed by atoms with Crippen molar-refractivity contribution in [1.82, 2.24) is 29.9 Å². The number of H-pyrrole nitrogens is 2. The van der Waals surface area contributed by atoms with Gasteiger partial charge in [-0.05, 0) is 50.2 Å². The number of hydrogen-bond acceptors (Lipinski definition) is 10. The number of aromatic nitrogens is 6. The van der Waals surface area contributed by atoms with Crippen molar-refractivity contribution in [2.75, 3.05) is 13.2 Å². The number of hydrogen-bond donors (Lipinski definition) is 3. The van der Waals surface area contributed by atoms with Crippen LogP contribution in [0.4, 0.5) is 26.3 Å². The number of nitrogens with zero attached hydrogens (tertiary/aromatic N) is 4. The van der Waals surface area contributed by atoms with E-state index in [1.54, 1.807) is 37.3 Å². The van der Waals surface area contributed by atoms with Crippen LogP contribution in [0.3, 0.4) is 0 Å². The van der Waals surface area contributed by atoms with Crippen LogP contribution >= 0.6 is 37.2 Å². The van der Waals surface area contributed by atoms with E-state index in [-0.39, 0.29) is 44.6 Å². The van der Waals surface area contributed by atoms with Gasteiger partial charge in [0.1, 0.15) is 23.0 Å². The van der Waals surface area contributed by atoms with Crippen molar-refractivity contribution >= 4 is 79.9 Å². The number of para-hydroxylation sites is 2. The fourth-order valence-electron chi connectivity index (χ4n) is 4.64. The minimum Gasteiger partial charge on any atom is -0.508 e. The average molecular weight is 1020 g/mol. The second-order valence-electron chi connectivity index (χ2n) is 11.1. The van der Waals surface area contributed by atoms with Crippen molar-refractivity contribution in [3.05, 3.63) is 89.5 Å². The summed E-state index contributed by atoms with van der Waals surface area (Å²) in [6.45, 7) is 0.144. The van der Waals surface area contributed by atoms with Gasteiger partial charge in [0.2, 0.25) is 15.0 Å². The number of alkyl halides is 6. The Morgan fingerprint density at radius 3 is 1.93 bits per heavy atom. The first kappa shape index (κ1) is 43.0. The van der Waals surface area contributed by atoms with Crippen LogP contribution in [0.25, 0.3) is 22.1 Å². The number of sulfone groups is 1. The highest BCUT2D eigenvalue weighted by Gasteiger charge is 2.30. The van der Waals surface area contributed by atoms with E-state index in [9.17, 15) is 44.1 Å². The zero-order chi connectivity index (χ0) is 39.8. The Hall–Kier alpha value is -3.78. The molecule has 3 N–H and O–H groups in total. The van der Waals surface area contributed by atoms with E-state index in [0.29, 0.717) is 33.3 Å². The first-order chi connectivity index (χ1) is 25.4. The zero-order valence-corrected chi connectivity index (χ0v) is 33.7. The third-order valence-electron chi connectivity index (χ3n) is 7.22. The molecule has 6 aromatic rings. The van der Waals surface area contributed by atoms with E-state index in [1.165, 1.54) is 43.6 Å². The summed E-state index contributed by atoms with van der Waals surface area (Å²) in [6, 6.07) is 13.9. The number of fused-ring (bicyclic) bond motifs is 2. The van der Waals surface area contributed by atoms with Gasteiger partial charge < -0.3 is 24.5 Å². The number of phenols is 1. The number of phenolic OH excluding ortho intramolecular Hbond substituents is 1. The minimum absolute atomic E-state index is 0.0406. The van der Waals surface area contributed by atoms with Crippen molar-refractivity contribution in [2.24, 2.45) is 0 Å². The molecule has 1 unspecified atom stereocenters. The number of ether oxygens (including phenoxy) is 2. The Bertz CT molecular complexity index is 2320. The SMILES string of the molecule is Cc1c(OCC(F)(F)F)ccnc1CS(=O)(=O)c1nc2ccccc2[nH]1.Cc1c(OCC(F)(F)F)ccnc1CS(=O)c1nc2ccc(O)cc2[nH]1.II. The molecule has 4 heterocycles. The molecule has 0 bridgehead atoms. The summed E-state index contributed by atoms with van der Waals surface area (Å²) in [4.78, 5) is 21.9. The third-order valence-corrected chi connectivity index (χ3v) is 9.81. The molecule has 0 aliphatic carbocycles. The molecule has 0 saturated heterocycles. The largest absolute Gasteiger partial charge is 0.508 e. The van der Waals surface area contributed by atoms with Gasteiger partial charge in [0.15, 0.2) is 18.4 Å². The molecule has 22 heteroatoms. The van der Waals surface area contributed by atoms with Crippen molar-refractivity contribution in [3.8, 4) is 17.2 Å². The minimum atomic E-state index is -4.49. The predicted molar refractivity (Wildman–Crippen MR) is 204 cm³/mol. The molecule has 1 atom stereocenters. The number of halogens is 8. The van der Waals surface area contributed by atoms with Crippen LogP contribution in [0.5, 0.6) is 17.2 Å². The number of aromatic amines is 2. The van der Waals surface area contributed by atoms with Gasteiger partial charge in [-0.25, -0.2) is 18.4 Å². The van der Waals surface area contributed by atoms with Gasteiger partial charge in [-0.3, -0.25) is 14.2 Å². The van der Waals surface area contributed by atoms with Crippen LogP contribution in [0.2, 0.25) is 0 Å². The van der Waals surface area contributed by atoms with Crippen LogP contribution < -0.4 is 9.47 Å². The predicted octanol–water partition coefficient (Wildman–Crippen LogP) is 8.17. The molecular weight excluding hydrogens is 996 g/mol. The van der Waals surface area contributed by atoms with Gasteiger partial charge in [0.25, 0.3) is 0 Å². The number of nitrogens with one attached hydrogen (secondary N) is 2. The Labute approximate surface area is 329 Å². The van der Waals surface area contributed by atoms with Crippen LogP contribution in [0.1, 0.15) is 22.5 Å². The van der Waals surface area contributed by atoms with Gasteiger partial charge in [-0.1, -0.05) is 12.1 Å². The Balaban J connectivity index is 0.000000230. The summed E-state index contributed by atoms with van der Waals surface area (Å²) >= 11 is 4.24. The molecule has 54 heavy (non-hydrogen) atoms. The summed E-state index contributed by atoms with van der Waals surface area (Å²) < 4.78 is 121. The maximum absolute atomic E-state index is 12.6. The molecule has 0 fully saturated rings. The summed E-state index contributed by atoms with van der Waals surface area (Å²) in [5, 5.41) is 9.43. The van der Waals surface area contributed by atoms with Crippen LogP contribution in [-0.2, 0) is 32.1 Å². The molecule has 0 aliphatic heterocycles. The number of aromatic hydroxyl groups is 1. The molecule has 0 spiro atoms. The first-order valence-corrected chi connectivity index (χ1v) is 24.3. The smallest absolute Gasteiger partial charge is 0.422 e. The van der Waals surface area contributed by atoms with E-state index >= 15 is 0 Å². The monoisotopic (exact) mass is 1020 g/mol. The summed E-state index contributed by atoms with van der Waals surface area (Å²) in [6.07, 6.45) is -6.42. The molecule has 290 valence electrons. The van der Waals surface area contributed by atoms with E-state index in [4.69, 9.17) is 9.47 Å². The van der Waals surface area contributed by atoms with Crippen molar-refractivity contribution in [2.45, 2.75) is 48.0 Å². The lowest BCUT2D eigenvalue weighted by Gasteiger charge is -2.13. The third kappa shape index (κ3) is 11.9. The van der Waals surface area contributed by atoms with Crippen LogP contribution in [-0.4, -0.2) is 73.2 Å². The van der Waals surface area contributed by atoms with Gasteiger partial charge in [0.05, 0.1) is 50.0 Å². The molecule has 0 radical (unpaired) electrons. The highest BCUT2D eigenvalue weighted by molar-refractivity contribution is 15.0. The molecule has 0 amide bonds. The molecule has 4 aromatic heterocycles. The lowest BCUT2D eigenvalue weighted by Crippen LogP contribution is -2.20. The number of imidazole rings is 2. The van der Waals surface area contributed by atoms with E-state index in [2.05, 4.69) is 67.1 Å². The second kappa shape index (κ2) is 18.2. The Kier molecular flexibility index (Phi) is 14.5. The molecule has 2 aromatic carbocycles. The lowest BCUT2D eigenvalue weighted by molar-refractivity contribution is -0.154. The lowest BCUT2D eigenvalue weighted by atomic mass is 10.2. The van der Waals surface area contributed by atoms with Crippen LogP contribution in [0, 0.1) is 13.8 Å². The van der Waals surface area contributed by atoms with E-state index < -0.39 is 52.0 Å². The summed E-state index contributed by atoms with van der Waals surface area (Å²) in [5.41, 5.74) is 3.21. The Morgan fingerprint density at radius 1 is 0.778 bits per heavy atom. The normalized spacial score (nSPS) is 12.4. The maximum atomic E-state index is 12.6. The fraction of sp³-hybridized carbons (Fsp3) is 0.250. The Morgan fingerprint density at radius 2 is 1.33 bits per heavy atom. The van der Waals surface area contributed by atoms with Crippen LogP contribution in [0.15, 0.2) is 77.3 Å². The van der Waals surface area contributed by atoms with E-state index in [0.717, 1.165) is 0 Å². The van der Waals surface area contributed by atoms with Gasteiger partial charge in [-0.2, -0.15) is 26.3 Å². The number of pyridine rings is 2. The number of benzene rings is 2. The standard InChI is InChI=1S/2C16H14F3N3O3S.I2/c1-9-13(20-5-4-14(9)25-8-16(17,18)19)7-26(24)15-21-11-3-2-10(23)6-12(11)22-15;1-10-13(20-7-6-14(10)25-9-16(17,18)19)8-26(23,24)15-21-11-4-2-3-5-12(11)22-15;1-2/h2-6,23H,7-8H2,1H3,(H,21,22);2-7H,8-9H2,1H3,(H,21,22);. The van der Waals surface area contributed by atoms with Crippen molar-refractivity contribution in [3.63, 3.8) is 0 Å². The highest BCUT2D eigenvalue weighted by atomic mass is 128. The summed E-state index contributed by atoms with van der Waals surface area (Å²) in [5.74, 6) is -0.528. The van der Waals surface area contributed by atoms with Gasteiger partial charge >= 0.3 is 12.4 Å². The topological polar surface area (TPSA) is 173 Å². The quantitative estimate of drug-likeness (QED) is 0.0898. The molecule has 0 aliphatic rings. The van der Waals surface area contributed by atoms with Crippen molar-refractivity contribution in [1.29, 1.82) is 0 Å². The van der Waals surface area contributed by atoms with Crippen molar-refractivity contribution < 1.29 is 53.5 Å². The van der Waals surface area contributed by atoms with Gasteiger partial charge in [0, 0.05) is 66.8 Å². The van der Waals surface area contributed by atoms with Gasteiger partial charge in [-0.15, -0.1) is 0 Å². The first-order valence-electron chi connectivity index (χ1n) is 15.1. The molecular formula is C32H28F6I2N6O6S2. The fourth-order valence-corrected chi connectivity index (χ4v) is 7.03. The van der Waals surface area contributed by atoms with E-state index in [1.807, 2.05) is 0 Å². The highest BCUT2D eigenvalue weighted by Crippen LogP contribution is 2.27. The average Bonchev–Trinajstić information content (AvgIpc) is 3.75. The maximum Gasteiger partial charge on any atom is 0.422 e. The molecule has 12 nitrogen and oxygen atoms in total. The summed E-state index contributed by atoms with van der Waals surface area (Å²) in [7, 11) is -5.47. The zero-order valence-electron chi connectivity index (χ0n) is 27.8.